The molecule has 0 amide bonds. The lowest BCUT2D eigenvalue weighted by Crippen LogP contribution is -1.84. The number of fused-ring (bicyclic) bond motifs is 2. The predicted molar refractivity (Wildman–Crippen MR) is 81.6 cm³/mol. The topological polar surface area (TPSA) is 28.9 Å². The molecule has 0 aliphatic carbocycles. The summed E-state index contributed by atoms with van der Waals surface area (Å²) >= 11 is 0. The Morgan fingerprint density at radius 1 is 1.00 bits per heavy atom. The molecule has 0 fully saturated rings. The summed E-state index contributed by atoms with van der Waals surface area (Å²) in [4.78, 5) is 3.30. The number of H-pyrrole nitrogens is 1. The van der Waals surface area contributed by atoms with E-state index in [0.717, 1.165) is 23.2 Å². The lowest BCUT2D eigenvalue weighted by atomic mass is 10.1. The van der Waals surface area contributed by atoms with E-state index in [1.54, 1.807) is 0 Å². The SMILES string of the molecule is [CH](Cc1c[nH]c2ccccc12)c1cc2ccccc2o1. The Kier molecular flexibility index (Phi) is 2.59. The highest BCUT2D eigenvalue weighted by Crippen LogP contribution is 2.23. The van der Waals surface area contributed by atoms with Crippen LogP contribution in [0, 0.1) is 6.42 Å². The van der Waals surface area contributed by atoms with Crippen molar-refractivity contribution in [2.45, 2.75) is 6.42 Å². The summed E-state index contributed by atoms with van der Waals surface area (Å²) < 4.78 is 5.81. The molecule has 2 nitrogen and oxygen atoms in total. The number of rotatable bonds is 3. The molecular formula is C18H14NO. The first kappa shape index (κ1) is 11.4. The molecule has 97 valence electrons. The number of para-hydroxylation sites is 2. The molecule has 1 radical (unpaired) electrons. The van der Waals surface area contributed by atoms with E-state index in [-0.39, 0.29) is 0 Å². The fourth-order valence-corrected chi connectivity index (χ4v) is 2.61. The molecule has 0 spiro atoms. The minimum absolute atomic E-state index is 0.865. The number of hydrogen-bond donors (Lipinski definition) is 1. The summed E-state index contributed by atoms with van der Waals surface area (Å²) in [6.07, 6.45) is 5.07. The molecule has 0 saturated heterocycles. The highest BCUT2D eigenvalue weighted by molar-refractivity contribution is 5.83. The van der Waals surface area contributed by atoms with Crippen LogP contribution in [-0.4, -0.2) is 4.98 Å². The Morgan fingerprint density at radius 3 is 2.80 bits per heavy atom. The average molecular weight is 260 g/mol. The van der Waals surface area contributed by atoms with Crippen LogP contribution in [0.2, 0.25) is 0 Å². The largest absolute Gasteiger partial charge is 0.461 e. The van der Waals surface area contributed by atoms with Crippen LogP contribution < -0.4 is 0 Å². The van der Waals surface area contributed by atoms with Gasteiger partial charge in [0.25, 0.3) is 0 Å². The molecule has 2 heterocycles. The summed E-state index contributed by atoms with van der Waals surface area (Å²) in [5.41, 5.74) is 3.42. The third kappa shape index (κ3) is 1.90. The van der Waals surface area contributed by atoms with Gasteiger partial charge >= 0.3 is 0 Å². The molecular weight excluding hydrogens is 246 g/mol. The van der Waals surface area contributed by atoms with Crippen molar-refractivity contribution in [3.05, 3.63) is 78.5 Å². The van der Waals surface area contributed by atoms with E-state index in [4.69, 9.17) is 4.42 Å². The van der Waals surface area contributed by atoms with Gasteiger partial charge in [-0.1, -0.05) is 36.4 Å². The standard InChI is InChI=1S/C18H14NO/c1-4-8-18-13(5-1)11-15(20-18)10-9-14-12-19-17-7-3-2-6-16(14)17/h1-8,10-12,19H,9H2. The third-order valence-corrected chi connectivity index (χ3v) is 3.64. The van der Waals surface area contributed by atoms with Crippen molar-refractivity contribution in [3.8, 4) is 0 Å². The van der Waals surface area contributed by atoms with E-state index in [9.17, 15) is 0 Å². The number of furan rings is 1. The number of nitrogens with one attached hydrogen (secondary N) is 1. The molecule has 0 unspecified atom stereocenters. The molecule has 2 aromatic heterocycles. The fourth-order valence-electron chi connectivity index (χ4n) is 2.61. The van der Waals surface area contributed by atoms with Gasteiger partial charge in [-0.15, -0.1) is 0 Å². The van der Waals surface area contributed by atoms with E-state index in [1.807, 2.05) is 24.3 Å². The van der Waals surface area contributed by atoms with E-state index >= 15 is 0 Å². The Morgan fingerprint density at radius 2 is 1.85 bits per heavy atom. The van der Waals surface area contributed by atoms with Gasteiger partial charge in [-0.2, -0.15) is 0 Å². The third-order valence-electron chi connectivity index (χ3n) is 3.64. The molecule has 4 aromatic rings. The number of hydrogen-bond acceptors (Lipinski definition) is 1. The van der Waals surface area contributed by atoms with Crippen molar-refractivity contribution in [1.82, 2.24) is 4.98 Å². The van der Waals surface area contributed by atoms with E-state index in [0.29, 0.717) is 0 Å². The van der Waals surface area contributed by atoms with Gasteiger partial charge in [0, 0.05) is 28.9 Å². The van der Waals surface area contributed by atoms with Gasteiger partial charge in [0.1, 0.15) is 11.3 Å². The van der Waals surface area contributed by atoms with Crippen LogP contribution in [-0.2, 0) is 6.42 Å². The van der Waals surface area contributed by atoms with Crippen LogP contribution in [0.25, 0.3) is 21.9 Å². The molecule has 0 aliphatic rings. The lowest BCUT2D eigenvalue weighted by Gasteiger charge is -1.96. The van der Waals surface area contributed by atoms with E-state index in [2.05, 4.69) is 47.9 Å². The molecule has 20 heavy (non-hydrogen) atoms. The Labute approximate surface area is 117 Å². The highest BCUT2D eigenvalue weighted by Gasteiger charge is 2.07. The fraction of sp³-hybridized carbons (Fsp3) is 0.0556. The monoisotopic (exact) mass is 260 g/mol. The smallest absolute Gasteiger partial charge is 0.134 e. The first-order valence-electron chi connectivity index (χ1n) is 6.77. The molecule has 0 aliphatic heterocycles. The van der Waals surface area contributed by atoms with Crippen molar-refractivity contribution in [2.75, 3.05) is 0 Å². The van der Waals surface area contributed by atoms with Crippen molar-refractivity contribution in [3.63, 3.8) is 0 Å². The van der Waals surface area contributed by atoms with Gasteiger partial charge in [-0.3, -0.25) is 0 Å². The second-order valence-corrected chi connectivity index (χ2v) is 4.95. The number of aromatic amines is 1. The maximum Gasteiger partial charge on any atom is 0.134 e. The zero-order valence-electron chi connectivity index (χ0n) is 11.0. The molecule has 0 saturated carbocycles. The Bertz CT molecular complexity index is 836. The predicted octanol–water partition coefficient (Wildman–Crippen LogP) is 4.71. The normalized spacial score (nSPS) is 11.4. The minimum Gasteiger partial charge on any atom is -0.461 e. The van der Waals surface area contributed by atoms with E-state index in [1.165, 1.54) is 16.5 Å². The van der Waals surface area contributed by atoms with Gasteiger partial charge < -0.3 is 9.40 Å². The van der Waals surface area contributed by atoms with Crippen LogP contribution in [0.1, 0.15) is 11.3 Å². The van der Waals surface area contributed by atoms with Gasteiger partial charge in [0.2, 0.25) is 0 Å². The molecule has 2 aromatic carbocycles. The Balaban J connectivity index is 1.60. The van der Waals surface area contributed by atoms with Crippen LogP contribution >= 0.6 is 0 Å². The first-order chi connectivity index (χ1) is 9.90. The number of aromatic nitrogens is 1. The summed E-state index contributed by atoms with van der Waals surface area (Å²) in [5.74, 6) is 0.927. The van der Waals surface area contributed by atoms with Crippen LogP contribution in [0.3, 0.4) is 0 Å². The maximum atomic E-state index is 5.81. The van der Waals surface area contributed by atoms with Crippen LogP contribution in [0.5, 0.6) is 0 Å². The summed E-state index contributed by atoms with van der Waals surface area (Å²) in [6.45, 7) is 0. The minimum atomic E-state index is 0.865. The Hall–Kier alpha value is -2.48. The van der Waals surface area contributed by atoms with Gasteiger partial charge in [0.05, 0.1) is 0 Å². The van der Waals surface area contributed by atoms with Crippen molar-refractivity contribution < 1.29 is 4.42 Å². The molecule has 2 heteroatoms. The molecule has 1 N–H and O–H groups in total. The molecule has 0 atom stereocenters. The second kappa shape index (κ2) is 4.57. The zero-order valence-corrected chi connectivity index (χ0v) is 11.0. The molecule has 0 bridgehead atoms. The van der Waals surface area contributed by atoms with E-state index < -0.39 is 0 Å². The van der Waals surface area contributed by atoms with Crippen molar-refractivity contribution in [2.24, 2.45) is 0 Å². The van der Waals surface area contributed by atoms with Crippen molar-refractivity contribution >= 4 is 21.9 Å². The second-order valence-electron chi connectivity index (χ2n) is 4.95. The lowest BCUT2D eigenvalue weighted by molar-refractivity contribution is 0.582. The maximum absolute atomic E-state index is 5.81. The summed E-state index contributed by atoms with van der Waals surface area (Å²) in [7, 11) is 0. The van der Waals surface area contributed by atoms with Gasteiger partial charge in [-0.05, 0) is 30.2 Å². The number of benzene rings is 2. The van der Waals surface area contributed by atoms with Crippen molar-refractivity contribution in [1.29, 1.82) is 0 Å². The van der Waals surface area contributed by atoms with Gasteiger partial charge in [0.15, 0.2) is 0 Å². The highest BCUT2D eigenvalue weighted by atomic mass is 16.3. The quantitative estimate of drug-likeness (QED) is 0.568. The average Bonchev–Trinajstić information content (AvgIpc) is 3.08. The summed E-state index contributed by atoms with van der Waals surface area (Å²) in [5, 5.41) is 2.43. The molecule has 4 rings (SSSR count). The van der Waals surface area contributed by atoms with Gasteiger partial charge in [-0.25, -0.2) is 0 Å². The first-order valence-corrected chi connectivity index (χ1v) is 6.77. The van der Waals surface area contributed by atoms with Crippen LogP contribution in [0.15, 0.2) is 65.2 Å². The van der Waals surface area contributed by atoms with Crippen LogP contribution in [0.4, 0.5) is 0 Å². The summed E-state index contributed by atoms with van der Waals surface area (Å²) in [6, 6.07) is 18.5. The zero-order chi connectivity index (χ0) is 13.4.